The number of fused-ring (bicyclic) bond motifs is 1. The van der Waals surface area contributed by atoms with Crippen molar-refractivity contribution in [3.63, 3.8) is 0 Å². The van der Waals surface area contributed by atoms with E-state index in [2.05, 4.69) is 16.8 Å². The molecule has 0 spiro atoms. The molecule has 1 aromatic heterocycles. The van der Waals surface area contributed by atoms with Crippen LogP contribution in [-0.4, -0.2) is 26.7 Å². The van der Waals surface area contributed by atoms with Crippen molar-refractivity contribution < 1.29 is 19.0 Å². The van der Waals surface area contributed by atoms with Gasteiger partial charge in [0.15, 0.2) is 11.5 Å². The molecule has 1 aromatic carbocycles. The van der Waals surface area contributed by atoms with Gasteiger partial charge in [-0.25, -0.2) is 0 Å². The summed E-state index contributed by atoms with van der Waals surface area (Å²) >= 11 is 1.65. The highest BCUT2D eigenvalue weighted by Gasteiger charge is 2.25. The number of amides is 1. The van der Waals surface area contributed by atoms with Gasteiger partial charge in [-0.05, 0) is 42.0 Å². The second-order valence-electron chi connectivity index (χ2n) is 5.69. The van der Waals surface area contributed by atoms with Gasteiger partial charge in [-0.2, -0.15) is 0 Å². The predicted octanol–water partition coefficient (Wildman–Crippen LogP) is 3.72. The van der Waals surface area contributed by atoms with Gasteiger partial charge in [0.05, 0.1) is 27.2 Å². The maximum absolute atomic E-state index is 12.5. The lowest BCUT2D eigenvalue weighted by Gasteiger charge is -2.23. The Labute approximate surface area is 145 Å². The first-order valence-corrected chi connectivity index (χ1v) is 8.70. The van der Waals surface area contributed by atoms with Crippen LogP contribution in [0.2, 0.25) is 0 Å². The largest absolute Gasteiger partial charge is 0.493 e. The highest BCUT2D eigenvalue weighted by molar-refractivity contribution is 7.10. The number of thiophene rings is 1. The molecule has 5 nitrogen and oxygen atoms in total. The summed E-state index contributed by atoms with van der Waals surface area (Å²) in [6, 6.07) is 5.75. The molecule has 6 heteroatoms. The molecular weight excluding hydrogens is 326 g/mol. The number of carbonyl (C=O) groups is 1. The average molecular weight is 347 g/mol. The van der Waals surface area contributed by atoms with Crippen LogP contribution in [0.1, 0.15) is 28.5 Å². The molecule has 0 saturated heterocycles. The van der Waals surface area contributed by atoms with Crippen LogP contribution in [0.3, 0.4) is 0 Å². The number of carbonyl (C=O) groups excluding carboxylic acids is 1. The molecule has 128 valence electrons. The predicted molar refractivity (Wildman–Crippen MR) is 94.2 cm³/mol. The maximum Gasteiger partial charge on any atom is 0.227 e. The van der Waals surface area contributed by atoms with Crippen LogP contribution in [0.5, 0.6) is 11.5 Å². The minimum atomic E-state index is -0.158. The van der Waals surface area contributed by atoms with Gasteiger partial charge in [0.2, 0.25) is 5.91 Å². The maximum atomic E-state index is 12.5. The van der Waals surface area contributed by atoms with E-state index in [1.165, 1.54) is 10.4 Å². The summed E-state index contributed by atoms with van der Waals surface area (Å²) in [5, 5.41) is 5.01. The Morgan fingerprint density at radius 3 is 2.83 bits per heavy atom. The molecule has 2 aromatic rings. The zero-order valence-electron chi connectivity index (χ0n) is 14.0. The Morgan fingerprint density at radius 2 is 2.08 bits per heavy atom. The first kappa shape index (κ1) is 16.8. The summed E-state index contributed by atoms with van der Waals surface area (Å²) in [5.41, 5.74) is 2.94. The highest BCUT2D eigenvalue weighted by Crippen LogP contribution is 2.35. The first-order chi connectivity index (χ1) is 11.6. The fourth-order valence-corrected chi connectivity index (χ4v) is 3.86. The lowest BCUT2D eigenvalue weighted by Crippen LogP contribution is -2.21. The number of ether oxygens (including phenoxy) is 3. The third-order valence-corrected chi connectivity index (χ3v) is 5.19. The van der Waals surface area contributed by atoms with Crippen molar-refractivity contribution in [2.45, 2.75) is 25.9 Å². The molecule has 1 amide bonds. The molecule has 0 radical (unpaired) electrons. The molecule has 0 unspecified atom stereocenters. The number of hydrogen-bond donors (Lipinski definition) is 1. The fourth-order valence-electron chi connectivity index (χ4n) is 2.86. The summed E-state index contributed by atoms with van der Waals surface area (Å²) in [5.74, 6) is 1.16. The van der Waals surface area contributed by atoms with Crippen molar-refractivity contribution in [3.8, 4) is 11.5 Å². The zero-order chi connectivity index (χ0) is 17.1. The van der Waals surface area contributed by atoms with E-state index in [0.717, 1.165) is 17.7 Å². The summed E-state index contributed by atoms with van der Waals surface area (Å²) in [6.45, 7) is 2.59. The van der Waals surface area contributed by atoms with Crippen LogP contribution < -0.4 is 14.8 Å². The van der Waals surface area contributed by atoms with Crippen molar-refractivity contribution in [3.05, 3.63) is 39.6 Å². The second kappa shape index (κ2) is 7.23. The number of rotatable bonds is 5. The van der Waals surface area contributed by atoms with E-state index in [-0.39, 0.29) is 12.0 Å². The highest BCUT2D eigenvalue weighted by atomic mass is 32.1. The number of anilines is 1. The van der Waals surface area contributed by atoms with Crippen molar-refractivity contribution in [2.24, 2.45) is 0 Å². The van der Waals surface area contributed by atoms with Crippen LogP contribution in [0, 0.1) is 6.92 Å². The lowest BCUT2D eigenvalue weighted by molar-refractivity contribution is -0.119. The zero-order valence-corrected chi connectivity index (χ0v) is 14.9. The number of hydrogen-bond acceptors (Lipinski definition) is 5. The monoisotopic (exact) mass is 347 g/mol. The summed E-state index contributed by atoms with van der Waals surface area (Å²) in [6.07, 6.45) is 1.07. The molecule has 2 heterocycles. The molecule has 1 atom stereocenters. The van der Waals surface area contributed by atoms with Crippen LogP contribution >= 0.6 is 11.3 Å². The molecule has 0 bridgehead atoms. The summed E-state index contributed by atoms with van der Waals surface area (Å²) in [4.78, 5) is 13.6. The third kappa shape index (κ3) is 3.39. The van der Waals surface area contributed by atoms with E-state index in [9.17, 15) is 4.79 Å². The van der Waals surface area contributed by atoms with E-state index in [1.54, 1.807) is 31.6 Å². The van der Waals surface area contributed by atoms with E-state index >= 15 is 0 Å². The molecule has 1 aliphatic heterocycles. The van der Waals surface area contributed by atoms with Gasteiger partial charge in [-0.15, -0.1) is 11.3 Å². The quantitative estimate of drug-likeness (QED) is 0.896. The molecule has 0 fully saturated rings. The molecule has 0 saturated carbocycles. The Bertz CT molecular complexity index is 741. The van der Waals surface area contributed by atoms with Crippen LogP contribution in [0.4, 0.5) is 5.69 Å². The Morgan fingerprint density at radius 1 is 1.33 bits per heavy atom. The van der Waals surface area contributed by atoms with E-state index in [1.807, 2.05) is 13.0 Å². The Kier molecular flexibility index (Phi) is 5.06. The minimum absolute atomic E-state index is 0.0726. The van der Waals surface area contributed by atoms with Gasteiger partial charge >= 0.3 is 0 Å². The molecule has 1 N–H and O–H groups in total. The molecule has 3 rings (SSSR count). The van der Waals surface area contributed by atoms with Crippen molar-refractivity contribution in [1.82, 2.24) is 0 Å². The van der Waals surface area contributed by atoms with Crippen molar-refractivity contribution in [2.75, 3.05) is 26.1 Å². The molecule has 0 aliphatic carbocycles. The first-order valence-electron chi connectivity index (χ1n) is 7.82. The lowest BCUT2D eigenvalue weighted by atomic mass is 10.1. The van der Waals surface area contributed by atoms with Gasteiger partial charge in [-0.1, -0.05) is 0 Å². The van der Waals surface area contributed by atoms with E-state index < -0.39 is 0 Å². The normalized spacial score (nSPS) is 16.4. The number of benzene rings is 1. The average Bonchev–Trinajstić information content (AvgIpc) is 3.06. The van der Waals surface area contributed by atoms with Gasteiger partial charge in [0.25, 0.3) is 0 Å². The van der Waals surface area contributed by atoms with E-state index in [4.69, 9.17) is 14.2 Å². The molecular formula is C18H21NO4S. The third-order valence-electron chi connectivity index (χ3n) is 4.14. The van der Waals surface area contributed by atoms with E-state index in [0.29, 0.717) is 24.5 Å². The van der Waals surface area contributed by atoms with Crippen LogP contribution in [-0.2, 0) is 16.0 Å². The smallest absolute Gasteiger partial charge is 0.227 e. The standard InChI is InChI=1S/C18H21NO4S/c1-11-8-14(21-2)15(22-3)9-13(11)19-17(20)10-16-18-12(4-6-23-16)5-7-24-18/h5,7-9,16H,4,6,10H2,1-3H3,(H,19,20)/t16-/m0/s1. The van der Waals surface area contributed by atoms with Crippen LogP contribution in [0.25, 0.3) is 0 Å². The topological polar surface area (TPSA) is 56.8 Å². The van der Waals surface area contributed by atoms with Crippen LogP contribution in [0.15, 0.2) is 23.6 Å². The number of nitrogens with one attached hydrogen (secondary N) is 1. The number of methoxy groups -OCH3 is 2. The van der Waals surface area contributed by atoms with Crippen molar-refractivity contribution >= 4 is 22.9 Å². The van der Waals surface area contributed by atoms with Gasteiger partial charge in [-0.3, -0.25) is 4.79 Å². The van der Waals surface area contributed by atoms with Crippen molar-refractivity contribution in [1.29, 1.82) is 0 Å². The number of aryl methyl sites for hydroxylation is 1. The van der Waals surface area contributed by atoms with Gasteiger partial charge in [0.1, 0.15) is 6.10 Å². The molecule has 24 heavy (non-hydrogen) atoms. The Hall–Kier alpha value is -2.05. The Balaban J connectivity index is 1.72. The summed E-state index contributed by atoms with van der Waals surface area (Å²) < 4.78 is 16.4. The SMILES string of the molecule is COc1cc(C)c(NC(=O)C[C@@H]2OCCc3ccsc32)cc1OC. The molecule has 1 aliphatic rings. The summed E-state index contributed by atoms with van der Waals surface area (Å²) in [7, 11) is 3.17. The van der Waals surface area contributed by atoms with Gasteiger partial charge in [0, 0.05) is 16.6 Å². The second-order valence-corrected chi connectivity index (χ2v) is 6.64. The van der Waals surface area contributed by atoms with Gasteiger partial charge < -0.3 is 19.5 Å². The minimum Gasteiger partial charge on any atom is -0.493 e. The fraction of sp³-hybridized carbons (Fsp3) is 0.389.